The van der Waals surface area contributed by atoms with E-state index in [9.17, 15) is 8.42 Å². The second-order valence-electron chi connectivity index (χ2n) is 4.57. The Kier molecular flexibility index (Phi) is 4.50. The van der Waals surface area contributed by atoms with Gasteiger partial charge in [-0.3, -0.25) is 4.90 Å². The van der Waals surface area contributed by atoms with E-state index in [1.54, 1.807) is 0 Å². The monoisotopic (exact) mass is 289 g/mol. The van der Waals surface area contributed by atoms with E-state index in [0.29, 0.717) is 38.6 Å². The van der Waals surface area contributed by atoms with Crippen LogP contribution in [0.4, 0.5) is 0 Å². The number of hydrogen-bond donors (Lipinski definition) is 1. The molecule has 0 amide bonds. The van der Waals surface area contributed by atoms with Crippen LogP contribution >= 0.6 is 0 Å². The summed E-state index contributed by atoms with van der Waals surface area (Å²) in [5, 5.41) is 8.97. The van der Waals surface area contributed by atoms with Crippen LogP contribution < -0.4 is 5.14 Å². The summed E-state index contributed by atoms with van der Waals surface area (Å²) < 4.78 is 28.8. The van der Waals surface area contributed by atoms with Crippen molar-refractivity contribution >= 4 is 10.2 Å². The van der Waals surface area contributed by atoms with E-state index in [-0.39, 0.29) is 0 Å². The lowest BCUT2D eigenvalue weighted by atomic mass is 10.3. The molecule has 0 saturated carbocycles. The SMILES string of the molecule is CCCc1noc(CN2CCN(S(N)(=O)=O)CC2)n1. The van der Waals surface area contributed by atoms with Gasteiger partial charge in [0.1, 0.15) is 0 Å². The summed E-state index contributed by atoms with van der Waals surface area (Å²) in [5.74, 6) is 1.30. The molecule has 1 aliphatic heterocycles. The minimum absolute atomic E-state index is 0.398. The first-order chi connectivity index (χ1) is 8.99. The van der Waals surface area contributed by atoms with Crippen molar-refractivity contribution in [3.05, 3.63) is 11.7 Å². The normalized spacial score (nSPS) is 18.8. The zero-order chi connectivity index (χ0) is 13.9. The molecule has 0 radical (unpaired) electrons. The zero-order valence-corrected chi connectivity index (χ0v) is 11.8. The second kappa shape index (κ2) is 5.95. The first-order valence-corrected chi connectivity index (χ1v) is 7.81. The molecule has 1 aromatic heterocycles. The molecule has 108 valence electrons. The Balaban J connectivity index is 1.85. The molecule has 1 aromatic rings. The van der Waals surface area contributed by atoms with Gasteiger partial charge in [0.25, 0.3) is 10.2 Å². The standard InChI is InChI=1S/C10H19N5O3S/c1-2-3-9-12-10(18-13-9)8-14-4-6-15(7-5-14)19(11,16)17/h2-8H2,1H3,(H2,11,16,17). The molecular weight excluding hydrogens is 270 g/mol. The van der Waals surface area contributed by atoms with Gasteiger partial charge in [-0.15, -0.1) is 0 Å². The van der Waals surface area contributed by atoms with Crippen molar-refractivity contribution in [2.24, 2.45) is 5.14 Å². The Hall–Kier alpha value is -1.03. The first-order valence-electron chi connectivity index (χ1n) is 6.30. The van der Waals surface area contributed by atoms with Gasteiger partial charge >= 0.3 is 0 Å². The minimum atomic E-state index is -3.57. The van der Waals surface area contributed by atoms with Crippen LogP contribution in [0.2, 0.25) is 0 Å². The zero-order valence-electron chi connectivity index (χ0n) is 10.9. The highest BCUT2D eigenvalue weighted by molar-refractivity contribution is 7.86. The molecule has 0 unspecified atom stereocenters. The number of aryl methyl sites for hydroxylation is 1. The molecule has 2 N–H and O–H groups in total. The van der Waals surface area contributed by atoms with Crippen molar-refractivity contribution in [3.8, 4) is 0 Å². The number of rotatable bonds is 5. The van der Waals surface area contributed by atoms with Crippen LogP contribution in [0.3, 0.4) is 0 Å². The lowest BCUT2D eigenvalue weighted by Gasteiger charge is -2.31. The molecule has 0 bridgehead atoms. The predicted molar refractivity (Wildman–Crippen MR) is 68.3 cm³/mol. The average molecular weight is 289 g/mol. The molecule has 2 rings (SSSR count). The van der Waals surface area contributed by atoms with Crippen molar-refractivity contribution in [1.29, 1.82) is 0 Å². The summed E-state index contributed by atoms with van der Waals surface area (Å²) in [7, 11) is -3.57. The molecule has 1 saturated heterocycles. The van der Waals surface area contributed by atoms with Gasteiger partial charge in [-0.2, -0.15) is 17.7 Å². The fraction of sp³-hybridized carbons (Fsp3) is 0.800. The van der Waals surface area contributed by atoms with E-state index in [4.69, 9.17) is 9.66 Å². The van der Waals surface area contributed by atoms with Gasteiger partial charge in [0, 0.05) is 32.6 Å². The summed E-state index contributed by atoms with van der Waals surface area (Å²) in [6, 6.07) is 0. The molecule has 0 aliphatic carbocycles. The van der Waals surface area contributed by atoms with Crippen LogP contribution in [-0.4, -0.2) is 53.9 Å². The molecule has 8 nitrogen and oxygen atoms in total. The summed E-state index contributed by atoms with van der Waals surface area (Å²) in [5.41, 5.74) is 0. The molecule has 0 spiro atoms. The van der Waals surface area contributed by atoms with Gasteiger partial charge in [0.15, 0.2) is 5.82 Å². The topological polar surface area (TPSA) is 106 Å². The first kappa shape index (κ1) is 14.4. The number of nitrogens with zero attached hydrogens (tertiary/aromatic N) is 4. The molecule has 0 aromatic carbocycles. The Morgan fingerprint density at radius 1 is 1.32 bits per heavy atom. The Bertz CT molecular complexity index is 507. The van der Waals surface area contributed by atoms with Crippen LogP contribution in [0.15, 0.2) is 4.52 Å². The Labute approximate surface area is 112 Å². The largest absolute Gasteiger partial charge is 0.338 e. The van der Waals surface area contributed by atoms with Crippen molar-refractivity contribution < 1.29 is 12.9 Å². The maximum Gasteiger partial charge on any atom is 0.276 e. The highest BCUT2D eigenvalue weighted by Crippen LogP contribution is 2.09. The summed E-state index contributed by atoms with van der Waals surface area (Å²) in [6.07, 6.45) is 1.79. The van der Waals surface area contributed by atoms with E-state index in [0.717, 1.165) is 18.7 Å². The fourth-order valence-electron chi connectivity index (χ4n) is 2.01. The third-order valence-corrected chi connectivity index (χ3v) is 4.12. The number of nitrogens with two attached hydrogens (primary N) is 1. The molecule has 9 heteroatoms. The molecule has 19 heavy (non-hydrogen) atoms. The van der Waals surface area contributed by atoms with Crippen LogP contribution in [0.1, 0.15) is 25.1 Å². The van der Waals surface area contributed by atoms with E-state index in [1.807, 2.05) is 0 Å². The second-order valence-corrected chi connectivity index (χ2v) is 6.12. The van der Waals surface area contributed by atoms with Crippen LogP contribution in [-0.2, 0) is 23.2 Å². The molecule has 1 fully saturated rings. The van der Waals surface area contributed by atoms with Crippen molar-refractivity contribution in [2.45, 2.75) is 26.3 Å². The van der Waals surface area contributed by atoms with Crippen molar-refractivity contribution in [3.63, 3.8) is 0 Å². The van der Waals surface area contributed by atoms with Gasteiger partial charge in [0.2, 0.25) is 5.89 Å². The summed E-state index contributed by atoms with van der Waals surface area (Å²) in [6.45, 7) is 4.63. The highest BCUT2D eigenvalue weighted by atomic mass is 32.2. The lowest BCUT2D eigenvalue weighted by Crippen LogP contribution is -2.50. The third-order valence-electron chi connectivity index (χ3n) is 3.03. The molecule has 2 heterocycles. The van der Waals surface area contributed by atoms with Gasteiger partial charge in [-0.1, -0.05) is 12.1 Å². The lowest BCUT2D eigenvalue weighted by molar-refractivity contribution is 0.163. The van der Waals surface area contributed by atoms with Gasteiger partial charge in [-0.25, -0.2) is 5.14 Å². The van der Waals surface area contributed by atoms with E-state index in [1.165, 1.54) is 4.31 Å². The Morgan fingerprint density at radius 3 is 2.58 bits per heavy atom. The summed E-state index contributed by atoms with van der Waals surface area (Å²) in [4.78, 5) is 6.36. The van der Waals surface area contributed by atoms with E-state index >= 15 is 0 Å². The van der Waals surface area contributed by atoms with Gasteiger partial charge in [0.05, 0.1) is 6.54 Å². The fourth-order valence-corrected chi connectivity index (χ4v) is 2.69. The quantitative estimate of drug-likeness (QED) is 0.771. The third kappa shape index (κ3) is 3.96. The maximum atomic E-state index is 11.2. The highest BCUT2D eigenvalue weighted by Gasteiger charge is 2.24. The number of hydrogen-bond acceptors (Lipinski definition) is 6. The smallest absolute Gasteiger partial charge is 0.276 e. The van der Waals surface area contributed by atoms with Gasteiger partial charge < -0.3 is 4.52 Å². The number of piperazine rings is 1. The van der Waals surface area contributed by atoms with Crippen molar-refractivity contribution in [2.75, 3.05) is 26.2 Å². The van der Waals surface area contributed by atoms with Crippen LogP contribution in [0.25, 0.3) is 0 Å². The predicted octanol–water partition coefficient (Wildman–Crippen LogP) is -0.657. The molecular formula is C10H19N5O3S. The van der Waals surface area contributed by atoms with Crippen LogP contribution in [0, 0.1) is 0 Å². The molecule has 1 aliphatic rings. The molecule has 0 atom stereocenters. The van der Waals surface area contributed by atoms with Gasteiger partial charge in [-0.05, 0) is 6.42 Å². The van der Waals surface area contributed by atoms with E-state index in [2.05, 4.69) is 22.0 Å². The van der Waals surface area contributed by atoms with Crippen molar-refractivity contribution in [1.82, 2.24) is 19.3 Å². The maximum absolute atomic E-state index is 11.2. The average Bonchev–Trinajstić information content (AvgIpc) is 2.77. The summed E-state index contributed by atoms with van der Waals surface area (Å²) >= 11 is 0. The van der Waals surface area contributed by atoms with E-state index < -0.39 is 10.2 Å². The number of aromatic nitrogens is 2. The minimum Gasteiger partial charge on any atom is -0.338 e. The van der Waals surface area contributed by atoms with Crippen LogP contribution in [0.5, 0.6) is 0 Å². The Morgan fingerprint density at radius 2 is 2.00 bits per heavy atom.